The first-order chi connectivity index (χ1) is 28.0. The highest BCUT2D eigenvalue weighted by Crippen LogP contribution is 2.47. The maximum absolute atomic E-state index is 12.8. The average molecular weight is 835 g/mol. The lowest BCUT2D eigenvalue weighted by Gasteiger charge is -2.41. The molecule has 6 N–H and O–H groups in total. The lowest BCUT2D eigenvalue weighted by atomic mass is 9.85. The summed E-state index contributed by atoms with van der Waals surface area (Å²) in [6, 6.07) is 0. The maximum Gasteiger partial charge on any atom is 0.472 e. The number of allylic oxidation sites excluding steroid dienone is 17. The normalized spacial score (nSPS) is 23.8. The zero-order valence-electron chi connectivity index (χ0n) is 34.5. The van der Waals surface area contributed by atoms with E-state index in [0.29, 0.717) is 13.0 Å². The molecular formula is C45H71O12P. The first-order valence-corrected chi connectivity index (χ1v) is 22.2. The second kappa shape index (κ2) is 34.8. The largest absolute Gasteiger partial charge is 0.472 e. The Morgan fingerprint density at radius 3 is 1.43 bits per heavy atom. The Morgan fingerprint density at radius 2 is 0.966 bits per heavy atom. The van der Waals surface area contributed by atoms with Crippen LogP contribution in [0.3, 0.4) is 0 Å². The minimum Gasteiger partial charge on any atom is -0.457 e. The quantitative estimate of drug-likeness (QED) is 0.0167. The molecular weight excluding hydrogens is 763 g/mol. The van der Waals surface area contributed by atoms with Gasteiger partial charge in [0.25, 0.3) is 0 Å². The van der Waals surface area contributed by atoms with Crippen LogP contribution in [0.15, 0.2) is 109 Å². The van der Waals surface area contributed by atoms with Gasteiger partial charge in [-0.15, -0.1) is 0 Å². The summed E-state index contributed by atoms with van der Waals surface area (Å²) in [6.07, 6.45) is 36.2. The molecule has 1 rings (SSSR count). The number of ether oxygens (including phenoxy) is 2. The molecule has 58 heavy (non-hydrogen) atoms. The van der Waals surface area contributed by atoms with E-state index in [-0.39, 0.29) is 13.0 Å². The van der Waals surface area contributed by atoms with Crippen LogP contribution < -0.4 is 0 Å². The van der Waals surface area contributed by atoms with Crippen LogP contribution >= 0.6 is 7.82 Å². The molecule has 0 aromatic rings. The summed E-state index contributed by atoms with van der Waals surface area (Å²) in [5, 5.41) is 50.0. The first kappa shape index (κ1) is 53.0. The molecule has 0 aromatic carbocycles. The first-order valence-electron chi connectivity index (χ1n) is 20.7. The number of phosphoric ester groups is 1. The summed E-state index contributed by atoms with van der Waals surface area (Å²) >= 11 is 0. The van der Waals surface area contributed by atoms with E-state index in [4.69, 9.17) is 18.5 Å². The van der Waals surface area contributed by atoms with Gasteiger partial charge >= 0.3 is 13.8 Å². The van der Waals surface area contributed by atoms with Crippen molar-refractivity contribution in [1.82, 2.24) is 0 Å². The predicted octanol–water partition coefficient (Wildman–Crippen LogP) is 7.74. The molecule has 0 bridgehead atoms. The number of carbonyl (C=O) groups excluding carboxylic acids is 1. The number of phosphoric acid groups is 1. The van der Waals surface area contributed by atoms with Crippen molar-refractivity contribution in [3.8, 4) is 0 Å². The van der Waals surface area contributed by atoms with Crippen LogP contribution in [0.4, 0.5) is 0 Å². The van der Waals surface area contributed by atoms with Crippen LogP contribution in [0.1, 0.15) is 104 Å². The van der Waals surface area contributed by atoms with E-state index in [0.717, 1.165) is 77.0 Å². The molecule has 13 heteroatoms. The fourth-order valence-corrected chi connectivity index (χ4v) is 6.39. The second-order valence-corrected chi connectivity index (χ2v) is 15.1. The second-order valence-electron chi connectivity index (χ2n) is 13.7. The van der Waals surface area contributed by atoms with Crippen molar-refractivity contribution in [2.24, 2.45) is 0 Å². The number of carbonyl (C=O) groups is 1. The highest BCUT2D eigenvalue weighted by atomic mass is 31.2. The summed E-state index contributed by atoms with van der Waals surface area (Å²) in [5.41, 5.74) is 0. The molecule has 0 aliphatic heterocycles. The summed E-state index contributed by atoms with van der Waals surface area (Å²) in [6.45, 7) is 3.80. The Hall–Kier alpha value is -3.00. The van der Waals surface area contributed by atoms with E-state index in [1.54, 1.807) is 6.08 Å². The number of hydrogen-bond donors (Lipinski definition) is 6. The highest BCUT2D eigenvalue weighted by Gasteiger charge is 2.51. The van der Waals surface area contributed by atoms with Crippen molar-refractivity contribution >= 4 is 13.8 Å². The Labute approximate surface area is 347 Å². The number of rotatable bonds is 32. The van der Waals surface area contributed by atoms with E-state index in [1.165, 1.54) is 0 Å². The van der Waals surface area contributed by atoms with E-state index >= 15 is 0 Å². The van der Waals surface area contributed by atoms with Gasteiger partial charge in [0.2, 0.25) is 0 Å². The molecule has 12 nitrogen and oxygen atoms in total. The van der Waals surface area contributed by atoms with Crippen LogP contribution in [0, 0.1) is 0 Å². The third-order valence-corrected chi connectivity index (χ3v) is 9.66. The van der Waals surface area contributed by atoms with Crippen LogP contribution in [0.5, 0.6) is 0 Å². The zero-order chi connectivity index (χ0) is 42.7. The van der Waals surface area contributed by atoms with Gasteiger partial charge in [-0.1, -0.05) is 130 Å². The topological polar surface area (TPSA) is 192 Å². The van der Waals surface area contributed by atoms with Gasteiger partial charge < -0.3 is 39.9 Å². The van der Waals surface area contributed by atoms with Gasteiger partial charge in [0.15, 0.2) is 0 Å². The molecule has 0 amide bonds. The van der Waals surface area contributed by atoms with E-state index < -0.39 is 63.1 Å². The van der Waals surface area contributed by atoms with E-state index in [1.807, 2.05) is 18.2 Å². The summed E-state index contributed by atoms with van der Waals surface area (Å²) in [4.78, 5) is 23.0. The molecule has 1 saturated carbocycles. The third-order valence-electron chi connectivity index (χ3n) is 8.67. The fraction of sp³-hybridized carbons (Fsp3) is 0.578. The van der Waals surface area contributed by atoms with Gasteiger partial charge in [0, 0.05) is 6.61 Å². The molecule has 6 unspecified atom stereocenters. The van der Waals surface area contributed by atoms with Gasteiger partial charge in [-0.05, 0) is 77.0 Å². The standard InChI is InChI=1S/C45H71O12P/c1-3-5-7-9-11-13-15-17-19-21-23-25-27-29-31-33-35-54-36-38(37-55-58(52,53)57-45-43(50)41(48)40(47)42(49)44(45)51)56-39(46)34-32-30-28-26-24-22-20-18-16-14-12-10-8-6-4-2/h5-8,11-14,17-20,23-26,30,32,38,40-45,47-51H,3-4,9-10,15-16,21-22,27-29,31,33-37H2,1-2H3,(H,52,53)/b7-5-,8-6-,13-11-,14-12-,19-17-,20-18-,25-23-,26-24-,32-30-. The van der Waals surface area contributed by atoms with Crippen LogP contribution in [-0.2, 0) is 27.9 Å². The van der Waals surface area contributed by atoms with Crippen LogP contribution in [0.25, 0.3) is 0 Å². The Bertz CT molecular complexity index is 1370. The van der Waals surface area contributed by atoms with E-state index in [9.17, 15) is 39.8 Å². The Morgan fingerprint density at radius 1 is 0.552 bits per heavy atom. The van der Waals surface area contributed by atoms with Crippen molar-refractivity contribution in [3.05, 3.63) is 109 Å². The predicted molar refractivity (Wildman–Crippen MR) is 230 cm³/mol. The van der Waals surface area contributed by atoms with Gasteiger partial charge in [-0.25, -0.2) is 4.57 Å². The average Bonchev–Trinajstić information content (AvgIpc) is 3.21. The van der Waals surface area contributed by atoms with Crippen molar-refractivity contribution in [2.75, 3.05) is 19.8 Å². The number of aliphatic hydroxyl groups excluding tert-OH is 5. The lowest BCUT2D eigenvalue weighted by Crippen LogP contribution is -2.64. The number of hydrogen-bond acceptors (Lipinski definition) is 11. The smallest absolute Gasteiger partial charge is 0.457 e. The molecule has 1 aliphatic carbocycles. The molecule has 1 aliphatic rings. The van der Waals surface area contributed by atoms with Crippen LogP contribution in [0.2, 0.25) is 0 Å². The number of aliphatic hydroxyl groups is 5. The van der Waals surface area contributed by atoms with Gasteiger partial charge in [0.1, 0.15) is 42.7 Å². The van der Waals surface area contributed by atoms with Crippen molar-refractivity contribution in [2.45, 2.75) is 146 Å². The number of esters is 1. The summed E-state index contributed by atoms with van der Waals surface area (Å²) in [5.74, 6) is -0.622. The Balaban J connectivity index is 2.55. The van der Waals surface area contributed by atoms with Crippen molar-refractivity contribution in [1.29, 1.82) is 0 Å². The molecule has 0 aromatic heterocycles. The SMILES string of the molecule is CC/C=C\C/C=C\C/C=C\C/C=C\C/C=C\CC(=O)OC(COCCCCC/C=C\C/C=C\C/C=C\C/C=C\CC)COP(=O)(O)OC1C(O)C(O)C(O)C(O)C1O. The Kier molecular flexibility index (Phi) is 31.8. The van der Waals surface area contributed by atoms with Crippen LogP contribution in [-0.4, -0.2) is 98.9 Å². The summed E-state index contributed by atoms with van der Waals surface area (Å²) in [7, 11) is -5.06. The molecule has 6 atom stereocenters. The van der Waals surface area contributed by atoms with Crippen molar-refractivity contribution in [3.63, 3.8) is 0 Å². The lowest BCUT2D eigenvalue weighted by molar-refractivity contribution is -0.220. The molecule has 0 radical (unpaired) electrons. The van der Waals surface area contributed by atoms with Gasteiger partial charge in [-0.3, -0.25) is 13.8 Å². The third kappa shape index (κ3) is 26.9. The number of unbranched alkanes of at least 4 members (excludes halogenated alkanes) is 3. The minimum atomic E-state index is -5.06. The molecule has 0 saturated heterocycles. The maximum atomic E-state index is 12.8. The minimum absolute atomic E-state index is 0.0623. The summed E-state index contributed by atoms with van der Waals surface area (Å²) < 4.78 is 33.9. The fourth-order valence-electron chi connectivity index (χ4n) is 5.42. The highest BCUT2D eigenvalue weighted by molar-refractivity contribution is 7.47. The molecule has 0 spiro atoms. The molecule has 0 heterocycles. The van der Waals surface area contributed by atoms with E-state index in [2.05, 4.69) is 98.9 Å². The van der Waals surface area contributed by atoms with Gasteiger partial charge in [0.05, 0.1) is 19.6 Å². The molecule has 1 fully saturated rings. The molecule has 328 valence electrons. The van der Waals surface area contributed by atoms with Crippen molar-refractivity contribution < 1.29 is 58.3 Å². The zero-order valence-corrected chi connectivity index (χ0v) is 35.4. The monoisotopic (exact) mass is 834 g/mol. The van der Waals surface area contributed by atoms with Gasteiger partial charge in [-0.2, -0.15) is 0 Å².